The maximum absolute atomic E-state index is 12.1. The third-order valence-electron chi connectivity index (χ3n) is 4.77. The molecule has 2 heterocycles. The molecule has 1 saturated heterocycles. The Bertz CT molecular complexity index is 817. The number of hydrogen-bond acceptors (Lipinski definition) is 6. The first kappa shape index (κ1) is 19.2. The van der Waals surface area contributed by atoms with Crippen LogP contribution in [-0.2, 0) is 14.6 Å². The molecule has 2 atom stereocenters. The Morgan fingerprint density at radius 2 is 1.92 bits per heavy atom. The van der Waals surface area contributed by atoms with Gasteiger partial charge in [-0.3, -0.25) is 9.79 Å². The maximum Gasteiger partial charge on any atom is 0.232 e. The molecule has 8 heteroatoms. The molecule has 1 fully saturated rings. The van der Waals surface area contributed by atoms with Crippen molar-refractivity contribution >= 4 is 38.4 Å². The van der Waals surface area contributed by atoms with E-state index >= 15 is 0 Å². The first-order valence-corrected chi connectivity index (χ1v) is 11.5. The van der Waals surface area contributed by atoms with E-state index in [-0.39, 0.29) is 29.5 Å². The van der Waals surface area contributed by atoms with Gasteiger partial charge >= 0.3 is 0 Å². The van der Waals surface area contributed by atoms with Gasteiger partial charge in [-0.05, 0) is 23.6 Å². The third kappa shape index (κ3) is 3.91. The smallest absolute Gasteiger partial charge is 0.232 e. The van der Waals surface area contributed by atoms with E-state index < -0.39 is 9.84 Å². The Morgan fingerprint density at radius 3 is 2.50 bits per heavy atom. The molecule has 0 aromatic heterocycles. The maximum atomic E-state index is 12.1. The van der Waals surface area contributed by atoms with E-state index in [0.717, 1.165) is 10.9 Å². The second-order valence-corrected chi connectivity index (χ2v) is 10.4. The molecule has 3 rings (SSSR count). The molecule has 0 aliphatic carbocycles. The molecule has 2 unspecified atom stereocenters. The highest BCUT2D eigenvalue weighted by molar-refractivity contribution is 8.14. The normalized spacial score (nSPS) is 23.9. The summed E-state index contributed by atoms with van der Waals surface area (Å²) in [7, 11) is 0.381. The summed E-state index contributed by atoms with van der Waals surface area (Å²) < 4.78 is 24.1. The highest BCUT2D eigenvalue weighted by Gasteiger charge is 2.47. The average molecular weight is 396 g/mol. The Hall–Kier alpha value is -1.54. The van der Waals surface area contributed by atoms with Gasteiger partial charge in [0, 0.05) is 19.8 Å². The van der Waals surface area contributed by atoms with Crippen LogP contribution in [0.3, 0.4) is 0 Å². The summed E-state index contributed by atoms with van der Waals surface area (Å²) in [5.74, 6) is 0.932. The fourth-order valence-electron chi connectivity index (χ4n) is 3.21. The third-order valence-corrected chi connectivity index (χ3v) is 7.42. The second-order valence-electron chi connectivity index (χ2n) is 7.32. The van der Waals surface area contributed by atoms with Crippen molar-refractivity contribution in [2.24, 2.45) is 4.99 Å². The number of amidine groups is 1. The predicted molar refractivity (Wildman–Crippen MR) is 108 cm³/mol. The molecule has 0 saturated carbocycles. The van der Waals surface area contributed by atoms with Crippen molar-refractivity contribution in [2.45, 2.75) is 31.8 Å². The van der Waals surface area contributed by atoms with Crippen LogP contribution >= 0.6 is 11.8 Å². The van der Waals surface area contributed by atoms with Crippen LogP contribution in [0.5, 0.6) is 0 Å². The molecule has 1 aromatic carbocycles. The number of benzene rings is 1. The molecule has 1 amide bonds. The zero-order valence-corrected chi connectivity index (χ0v) is 17.2. The van der Waals surface area contributed by atoms with Gasteiger partial charge in [0.25, 0.3) is 0 Å². The van der Waals surface area contributed by atoms with Gasteiger partial charge in [-0.2, -0.15) is 0 Å². The molecule has 142 valence electrons. The fraction of sp³-hybridized carbons (Fsp3) is 0.556. The molecule has 26 heavy (non-hydrogen) atoms. The van der Waals surface area contributed by atoms with E-state index in [4.69, 9.17) is 0 Å². The number of carbonyl (C=O) groups is 1. The lowest BCUT2D eigenvalue weighted by molar-refractivity contribution is -0.125. The van der Waals surface area contributed by atoms with E-state index in [1.807, 2.05) is 17.0 Å². The van der Waals surface area contributed by atoms with Gasteiger partial charge in [0.05, 0.1) is 29.3 Å². The SMILES string of the molecule is CC(C)c1ccc(N2C(SCC(=O)N(C)C)=NC3CS(=O)(=O)CC32)cc1. The standard InChI is InChI=1S/C18H25N3O3S2/c1-12(2)13-5-7-14(8-6-13)21-16-11-26(23,24)10-15(16)19-18(21)25-9-17(22)20(3)4/h5-8,12,15-16H,9-11H2,1-4H3. The van der Waals surface area contributed by atoms with Gasteiger partial charge in [0.1, 0.15) is 0 Å². The van der Waals surface area contributed by atoms with Crippen molar-refractivity contribution in [2.75, 3.05) is 36.3 Å². The van der Waals surface area contributed by atoms with Crippen LogP contribution in [0.2, 0.25) is 0 Å². The first-order chi connectivity index (χ1) is 12.2. The van der Waals surface area contributed by atoms with Crippen molar-refractivity contribution in [3.05, 3.63) is 29.8 Å². The van der Waals surface area contributed by atoms with E-state index in [1.165, 1.54) is 17.3 Å². The molecule has 0 radical (unpaired) electrons. The molecule has 1 aromatic rings. The number of carbonyl (C=O) groups excluding carboxylic acids is 1. The zero-order chi connectivity index (χ0) is 19.1. The minimum atomic E-state index is -3.07. The predicted octanol–water partition coefficient (Wildman–Crippen LogP) is 1.97. The minimum Gasteiger partial charge on any atom is -0.348 e. The van der Waals surface area contributed by atoms with Gasteiger partial charge in [-0.15, -0.1) is 0 Å². The van der Waals surface area contributed by atoms with E-state index in [2.05, 4.69) is 31.0 Å². The van der Waals surface area contributed by atoms with E-state index in [9.17, 15) is 13.2 Å². The largest absolute Gasteiger partial charge is 0.348 e. The summed E-state index contributed by atoms with van der Waals surface area (Å²) in [5.41, 5.74) is 2.17. The quantitative estimate of drug-likeness (QED) is 0.780. The Balaban J connectivity index is 1.87. The monoisotopic (exact) mass is 395 g/mol. The van der Waals surface area contributed by atoms with Crippen molar-refractivity contribution in [1.82, 2.24) is 4.90 Å². The summed E-state index contributed by atoms with van der Waals surface area (Å²) in [6.07, 6.45) is 0. The summed E-state index contributed by atoms with van der Waals surface area (Å²) >= 11 is 1.38. The van der Waals surface area contributed by atoms with Crippen LogP contribution in [0.4, 0.5) is 5.69 Å². The van der Waals surface area contributed by atoms with Crippen molar-refractivity contribution in [1.29, 1.82) is 0 Å². The number of nitrogens with zero attached hydrogens (tertiary/aromatic N) is 3. The zero-order valence-electron chi connectivity index (χ0n) is 15.5. The van der Waals surface area contributed by atoms with E-state index in [0.29, 0.717) is 11.7 Å². The number of amides is 1. The van der Waals surface area contributed by atoms with Gasteiger partial charge in [-0.25, -0.2) is 8.42 Å². The molecule has 0 spiro atoms. The lowest BCUT2D eigenvalue weighted by Gasteiger charge is -2.27. The lowest BCUT2D eigenvalue weighted by atomic mass is 10.0. The van der Waals surface area contributed by atoms with Crippen molar-refractivity contribution in [3.8, 4) is 0 Å². The molecule has 0 bridgehead atoms. The Morgan fingerprint density at radius 1 is 1.27 bits per heavy atom. The summed E-state index contributed by atoms with van der Waals surface area (Å²) in [6, 6.07) is 7.76. The molecule has 6 nitrogen and oxygen atoms in total. The summed E-state index contributed by atoms with van der Waals surface area (Å²) in [4.78, 5) is 20.2. The topological polar surface area (TPSA) is 70.1 Å². The van der Waals surface area contributed by atoms with Crippen LogP contribution in [0.25, 0.3) is 0 Å². The first-order valence-electron chi connectivity index (χ1n) is 8.68. The average Bonchev–Trinajstić information content (AvgIpc) is 3.03. The van der Waals surface area contributed by atoms with Crippen molar-refractivity contribution in [3.63, 3.8) is 0 Å². The minimum absolute atomic E-state index is 0.0116. The van der Waals surface area contributed by atoms with Crippen molar-refractivity contribution < 1.29 is 13.2 Å². The van der Waals surface area contributed by atoms with Crippen LogP contribution in [-0.4, -0.2) is 67.8 Å². The van der Waals surface area contributed by atoms with Gasteiger partial charge in [0.15, 0.2) is 15.0 Å². The van der Waals surface area contributed by atoms with Crippen LogP contribution in [0, 0.1) is 0 Å². The molecule has 0 N–H and O–H groups in total. The second kappa shape index (κ2) is 7.23. The lowest BCUT2D eigenvalue weighted by Crippen LogP contribution is -2.39. The molecule has 2 aliphatic rings. The van der Waals surface area contributed by atoms with Gasteiger partial charge in [0.2, 0.25) is 5.91 Å². The van der Waals surface area contributed by atoms with Gasteiger partial charge < -0.3 is 9.80 Å². The van der Waals surface area contributed by atoms with E-state index in [1.54, 1.807) is 19.0 Å². The summed E-state index contributed by atoms with van der Waals surface area (Å²) in [6.45, 7) is 4.28. The molecular weight excluding hydrogens is 370 g/mol. The number of hydrogen-bond donors (Lipinski definition) is 0. The number of fused-ring (bicyclic) bond motifs is 1. The number of rotatable bonds is 4. The Kier molecular flexibility index (Phi) is 5.35. The highest BCUT2D eigenvalue weighted by atomic mass is 32.2. The number of sulfone groups is 1. The molecular formula is C18H25N3O3S2. The fourth-order valence-corrected chi connectivity index (χ4v) is 6.16. The Labute approximate surface area is 159 Å². The number of anilines is 1. The van der Waals surface area contributed by atoms with Gasteiger partial charge in [-0.1, -0.05) is 37.7 Å². The summed E-state index contributed by atoms with van der Waals surface area (Å²) in [5, 5.41) is 0.738. The number of aliphatic imine (C=N–C) groups is 1. The highest BCUT2D eigenvalue weighted by Crippen LogP contribution is 2.35. The van der Waals surface area contributed by atoms with Crippen LogP contribution in [0.1, 0.15) is 25.3 Å². The number of thioether (sulfide) groups is 1. The van der Waals surface area contributed by atoms with Crippen LogP contribution in [0.15, 0.2) is 29.3 Å². The van der Waals surface area contributed by atoms with Crippen LogP contribution < -0.4 is 4.90 Å². The molecule has 2 aliphatic heterocycles.